The molecule has 0 aromatic heterocycles. The summed E-state index contributed by atoms with van der Waals surface area (Å²) in [6.45, 7) is 0. The van der Waals surface area contributed by atoms with Crippen molar-refractivity contribution in [3.05, 3.63) is 24.0 Å². The number of halogens is 1. The van der Waals surface area contributed by atoms with E-state index in [1.54, 1.807) is 0 Å². The average Bonchev–Trinajstić information content (AvgIpc) is 2.09. The van der Waals surface area contributed by atoms with Gasteiger partial charge in [-0.3, -0.25) is 0 Å². The van der Waals surface area contributed by atoms with Gasteiger partial charge >= 0.3 is 0 Å². The predicted octanol–water partition coefficient (Wildman–Crippen LogP) is 0.316. The fourth-order valence-corrected chi connectivity index (χ4v) is 1.67. The van der Waals surface area contributed by atoms with Gasteiger partial charge in [-0.05, 0) is 25.2 Å². The second-order valence-corrected chi connectivity index (χ2v) is 4.25. The van der Waals surface area contributed by atoms with Gasteiger partial charge in [0.15, 0.2) is 0 Å². The Morgan fingerprint density at radius 2 is 2.08 bits per heavy atom. The number of nitrogen functional groups attached to an aromatic ring is 1. The monoisotopic (exact) mass is 204 g/mol. The maximum Gasteiger partial charge on any atom is 0.243 e. The molecule has 0 aliphatic rings. The first-order valence-electron chi connectivity index (χ1n) is 3.46. The van der Waals surface area contributed by atoms with Gasteiger partial charge in [0.1, 0.15) is 10.7 Å². The molecular weight excluding hydrogens is 195 g/mol. The summed E-state index contributed by atoms with van der Waals surface area (Å²) in [5, 5.41) is 0. The highest BCUT2D eigenvalue weighted by atomic mass is 32.2. The van der Waals surface area contributed by atoms with Crippen molar-refractivity contribution in [1.29, 1.82) is 0 Å². The Morgan fingerprint density at radius 3 is 2.62 bits per heavy atom. The summed E-state index contributed by atoms with van der Waals surface area (Å²) in [5.41, 5.74) is 5.52. The molecule has 0 fully saturated rings. The maximum atomic E-state index is 13.0. The normalized spacial score (nSPS) is 11.5. The Balaban J connectivity index is 3.38. The van der Waals surface area contributed by atoms with Crippen molar-refractivity contribution in [2.45, 2.75) is 4.90 Å². The third kappa shape index (κ3) is 1.96. The van der Waals surface area contributed by atoms with Crippen LogP contribution in [0.1, 0.15) is 0 Å². The number of nitrogens with one attached hydrogen (secondary N) is 1. The van der Waals surface area contributed by atoms with Gasteiger partial charge in [-0.15, -0.1) is 0 Å². The standard InChI is InChI=1S/C7H9FN2O2S/c1-10-13(11,12)7-4-5(9)2-3-6(7)8/h2-4,10H,9H2,1H3. The first kappa shape index (κ1) is 9.94. The number of hydrogen-bond donors (Lipinski definition) is 2. The molecule has 0 aliphatic carbocycles. The van der Waals surface area contributed by atoms with E-state index in [1.807, 2.05) is 4.72 Å². The van der Waals surface area contributed by atoms with Gasteiger partial charge in [0.2, 0.25) is 10.0 Å². The number of rotatable bonds is 2. The summed E-state index contributed by atoms with van der Waals surface area (Å²) >= 11 is 0. The highest BCUT2D eigenvalue weighted by Crippen LogP contribution is 2.16. The Labute approximate surface area is 75.6 Å². The molecule has 0 spiro atoms. The van der Waals surface area contributed by atoms with Crippen LogP contribution in [0, 0.1) is 5.82 Å². The van der Waals surface area contributed by atoms with Crippen LogP contribution in [-0.4, -0.2) is 15.5 Å². The molecule has 0 heterocycles. The van der Waals surface area contributed by atoms with Crippen LogP contribution >= 0.6 is 0 Å². The van der Waals surface area contributed by atoms with E-state index in [-0.39, 0.29) is 5.69 Å². The quantitative estimate of drug-likeness (QED) is 0.681. The number of sulfonamides is 1. The second-order valence-electron chi connectivity index (χ2n) is 2.40. The van der Waals surface area contributed by atoms with Crippen molar-refractivity contribution >= 4 is 15.7 Å². The highest BCUT2D eigenvalue weighted by molar-refractivity contribution is 7.89. The zero-order valence-corrected chi connectivity index (χ0v) is 7.73. The molecule has 0 aliphatic heterocycles. The summed E-state index contributed by atoms with van der Waals surface area (Å²) in [6, 6.07) is 3.38. The lowest BCUT2D eigenvalue weighted by Gasteiger charge is -2.04. The van der Waals surface area contributed by atoms with E-state index in [0.29, 0.717) is 0 Å². The minimum absolute atomic E-state index is 0.204. The minimum Gasteiger partial charge on any atom is -0.399 e. The molecule has 13 heavy (non-hydrogen) atoms. The Bertz CT molecular complexity index is 417. The van der Waals surface area contributed by atoms with Crippen LogP contribution < -0.4 is 10.5 Å². The summed E-state index contributed by atoms with van der Waals surface area (Å²) < 4.78 is 37.3. The van der Waals surface area contributed by atoms with Crippen LogP contribution in [0.5, 0.6) is 0 Å². The molecule has 4 nitrogen and oxygen atoms in total. The lowest BCUT2D eigenvalue weighted by molar-refractivity contribution is 0.562. The van der Waals surface area contributed by atoms with Crippen molar-refractivity contribution in [3.63, 3.8) is 0 Å². The van der Waals surface area contributed by atoms with Gasteiger partial charge in [-0.1, -0.05) is 0 Å². The van der Waals surface area contributed by atoms with Crippen LogP contribution in [0.25, 0.3) is 0 Å². The molecule has 72 valence electrons. The minimum atomic E-state index is -3.76. The van der Waals surface area contributed by atoms with E-state index < -0.39 is 20.7 Å². The molecular formula is C7H9FN2O2S. The summed E-state index contributed by atoms with van der Waals surface area (Å²) in [4.78, 5) is -0.435. The zero-order valence-electron chi connectivity index (χ0n) is 6.91. The van der Waals surface area contributed by atoms with Gasteiger partial charge in [0.25, 0.3) is 0 Å². The molecule has 0 bridgehead atoms. The summed E-state index contributed by atoms with van der Waals surface area (Å²) in [7, 11) is -2.55. The number of hydrogen-bond acceptors (Lipinski definition) is 3. The van der Waals surface area contributed by atoms with Gasteiger partial charge in [0, 0.05) is 5.69 Å². The van der Waals surface area contributed by atoms with Crippen LogP contribution in [-0.2, 0) is 10.0 Å². The summed E-state index contributed by atoms with van der Waals surface area (Å²) in [5.74, 6) is -0.816. The van der Waals surface area contributed by atoms with Crippen molar-refractivity contribution < 1.29 is 12.8 Å². The van der Waals surface area contributed by atoms with Crippen molar-refractivity contribution in [2.75, 3.05) is 12.8 Å². The first-order valence-corrected chi connectivity index (χ1v) is 4.94. The van der Waals surface area contributed by atoms with Gasteiger partial charge in [0.05, 0.1) is 0 Å². The third-order valence-electron chi connectivity index (χ3n) is 1.51. The molecule has 1 rings (SSSR count). The number of anilines is 1. The van der Waals surface area contributed by atoms with Gasteiger partial charge < -0.3 is 5.73 Å². The van der Waals surface area contributed by atoms with Crippen LogP contribution in [0.3, 0.4) is 0 Å². The van der Waals surface area contributed by atoms with Crippen LogP contribution in [0.4, 0.5) is 10.1 Å². The van der Waals surface area contributed by atoms with E-state index in [0.717, 1.165) is 12.1 Å². The molecule has 0 amide bonds. The fraction of sp³-hybridized carbons (Fsp3) is 0.143. The molecule has 0 radical (unpaired) electrons. The van der Waals surface area contributed by atoms with Crippen LogP contribution in [0.2, 0.25) is 0 Å². The molecule has 0 unspecified atom stereocenters. The molecule has 1 aromatic rings. The fourth-order valence-electron chi connectivity index (χ4n) is 0.836. The predicted molar refractivity (Wildman–Crippen MR) is 47.1 cm³/mol. The third-order valence-corrected chi connectivity index (χ3v) is 2.94. The SMILES string of the molecule is CNS(=O)(=O)c1cc(N)ccc1F. The lowest BCUT2D eigenvalue weighted by atomic mass is 10.3. The van der Waals surface area contributed by atoms with E-state index in [2.05, 4.69) is 0 Å². The smallest absolute Gasteiger partial charge is 0.243 e. The number of benzene rings is 1. The Morgan fingerprint density at radius 1 is 1.46 bits per heavy atom. The van der Waals surface area contributed by atoms with Gasteiger partial charge in [-0.2, -0.15) is 0 Å². The lowest BCUT2D eigenvalue weighted by Crippen LogP contribution is -2.20. The van der Waals surface area contributed by atoms with Crippen LogP contribution in [0.15, 0.2) is 23.1 Å². The maximum absolute atomic E-state index is 13.0. The molecule has 6 heteroatoms. The highest BCUT2D eigenvalue weighted by Gasteiger charge is 2.16. The Kier molecular flexibility index (Phi) is 2.53. The first-order chi connectivity index (χ1) is 5.97. The van der Waals surface area contributed by atoms with E-state index in [1.165, 1.54) is 13.1 Å². The van der Waals surface area contributed by atoms with E-state index in [9.17, 15) is 12.8 Å². The second kappa shape index (κ2) is 3.31. The zero-order chi connectivity index (χ0) is 10.1. The average molecular weight is 204 g/mol. The Hall–Kier alpha value is -1.14. The molecule has 3 N–H and O–H groups in total. The molecule has 1 aromatic carbocycles. The molecule has 0 atom stereocenters. The van der Waals surface area contributed by atoms with Crippen molar-refractivity contribution in [3.8, 4) is 0 Å². The molecule has 0 saturated carbocycles. The summed E-state index contributed by atoms with van der Waals surface area (Å²) in [6.07, 6.45) is 0. The van der Waals surface area contributed by atoms with E-state index >= 15 is 0 Å². The van der Waals surface area contributed by atoms with Gasteiger partial charge in [-0.25, -0.2) is 17.5 Å². The molecule has 0 saturated heterocycles. The largest absolute Gasteiger partial charge is 0.399 e. The number of nitrogens with two attached hydrogens (primary N) is 1. The van der Waals surface area contributed by atoms with Crippen molar-refractivity contribution in [1.82, 2.24) is 4.72 Å². The topological polar surface area (TPSA) is 72.2 Å². The van der Waals surface area contributed by atoms with E-state index in [4.69, 9.17) is 5.73 Å². The van der Waals surface area contributed by atoms with Crippen molar-refractivity contribution in [2.24, 2.45) is 0 Å².